The molecule has 0 unspecified atom stereocenters. The van der Waals surface area contributed by atoms with Gasteiger partial charge in [-0.2, -0.15) is 0 Å². The van der Waals surface area contributed by atoms with Crippen LogP contribution in [-0.2, 0) is 12.8 Å². The van der Waals surface area contributed by atoms with Crippen LogP contribution in [0, 0.1) is 0 Å². The fraction of sp³-hybridized carbons (Fsp3) is 0.400. The zero-order valence-electron chi connectivity index (χ0n) is 6.96. The predicted molar refractivity (Wildman–Crippen MR) is 46.9 cm³/mol. The molecule has 0 aliphatic heterocycles. The summed E-state index contributed by atoms with van der Waals surface area (Å²) in [5, 5.41) is 8.67. The first-order chi connectivity index (χ1) is 5.86. The van der Waals surface area contributed by atoms with Crippen LogP contribution in [-0.4, -0.2) is 18.4 Å². The lowest BCUT2D eigenvalue weighted by Gasteiger charge is -2.01. The van der Waals surface area contributed by atoms with Crippen LogP contribution < -0.4 is 0 Å². The van der Waals surface area contributed by atoms with Crippen molar-refractivity contribution in [1.29, 1.82) is 0 Å². The van der Waals surface area contributed by atoms with Gasteiger partial charge in [-0.25, -0.2) is 0 Å². The van der Waals surface area contributed by atoms with Crippen LogP contribution in [0.25, 0.3) is 0 Å². The molecule has 0 radical (unpaired) electrons. The van der Waals surface area contributed by atoms with E-state index in [1.165, 1.54) is 0 Å². The molecule has 0 aliphatic carbocycles. The molecule has 0 saturated carbocycles. The number of hydrogen-bond donors (Lipinski definition) is 1. The van der Waals surface area contributed by atoms with Gasteiger partial charge in [0.2, 0.25) is 0 Å². The molecular formula is C10H13FO. The van der Waals surface area contributed by atoms with Crippen molar-refractivity contribution < 1.29 is 9.50 Å². The summed E-state index contributed by atoms with van der Waals surface area (Å²) >= 11 is 0. The molecule has 0 amide bonds. The summed E-state index contributed by atoms with van der Waals surface area (Å²) in [6.45, 7) is -0.165. The second-order valence-electron chi connectivity index (χ2n) is 2.73. The van der Waals surface area contributed by atoms with Gasteiger partial charge in [-0.05, 0) is 17.5 Å². The number of rotatable bonds is 4. The number of aliphatic hydroxyl groups excluding tert-OH is 1. The van der Waals surface area contributed by atoms with Gasteiger partial charge in [0, 0.05) is 13.0 Å². The number of hydrogen-bond acceptors (Lipinski definition) is 1. The van der Waals surface area contributed by atoms with Gasteiger partial charge in [-0.15, -0.1) is 0 Å². The van der Waals surface area contributed by atoms with Crippen molar-refractivity contribution in [3.05, 3.63) is 35.4 Å². The van der Waals surface area contributed by atoms with Crippen LogP contribution in [0.3, 0.4) is 0 Å². The fourth-order valence-corrected chi connectivity index (χ4v) is 1.18. The average Bonchev–Trinajstić information content (AvgIpc) is 2.06. The highest BCUT2D eigenvalue weighted by molar-refractivity contribution is 5.23. The van der Waals surface area contributed by atoms with Crippen molar-refractivity contribution in [3.8, 4) is 0 Å². The zero-order valence-corrected chi connectivity index (χ0v) is 6.96. The third kappa shape index (κ3) is 2.62. The first-order valence-electron chi connectivity index (χ1n) is 4.11. The normalized spacial score (nSPS) is 10.2. The smallest absolute Gasteiger partial charge is 0.0934 e. The van der Waals surface area contributed by atoms with Crippen LogP contribution >= 0.6 is 0 Å². The van der Waals surface area contributed by atoms with Gasteiger partial charge >= 0.3 is 0 Å². The summed E-state index contributed by atoms with van der Waals surface area (Å²) in [6, 6.07) is 7.68. The summed E-state index contributed by atoms with van der Waals surface area (Å²) < 4.78 is 11.9. The molecule has 0 atom stereocenters. The minimum Gasteiger partial charge on any atom is -0.396 e. The van der Waals surface area contributed by atoms with Crippen molar-refractivity contribution in [1.82, 2.24) is 0 Å². The quantitative estimate of drug-likeness (QED) is 0.726. The minimum absolute atomic E-state index is 0.152. The first kappa shape index (κ1) is 9.20. The Morgan fingerprint density at radius 1 is 1.17 bits per heavy atom. The summed E-state index contributed by atoms with van der Waals surface area (Å²) in [4.78, 5) is 0. The molecule has 0 bridgehead atoms. The molecule has 2 heteroatoms. The van der Waals surface area contributed by atoms with E-state index in [2.05, 4.69) is 0 Å². The third-order valence-electron chi connectivity index (χ3n) is 1.78. The molecule has 1 N–H and O–H groups in total. The zero-order chi connectivity index (χ0) is 8.81. The number of benzene rings is 1. The fourth-order valence-electron chi connectivity index (χ4n) is 1.18. The molecule has 1 aromatic rings. The van der Waals surface area contributed by atoms with Gasteiger partial charge in [0.15, 0.2) is 0 Å². The van der Waals surface area contributed by atoms with E-state index in [0.29, 0.717) is 12.8 Å². The van der Waals surface area contributed by atoms with E-state index >= 15 is 0 Å². The molecular weight excluding hydrogens is 155 g/mol. The molecule has 1 aromatic carbocycles. The molecule has 0 aliphatic rings. The number of halogens is 1. The summed E-state index contributed by atoms with van der Waals surface area (Å²) in [5.74, 6) is 0. The van der Waals surface area contributed by atoms with E-state index in [-0.39, 0.29) is 13.3 Å². The second-order valence-corrected chi connectivity index (χ2v) is 2.73. The molecule has 0 spiro atoms. The Bertz CT molecular complexity index is 214. The second kappa shape index (κ2) is 4.88. The van der Waals surface area contributed by atoms with Gasteiger partial charge in [-0.3, -0.25) is 4.39 Å². The standard InChI is InChI=1S/C10H13FO/c11-6-4-9-2-1-3-10(8-9)5-7-12/h1-3,8,12H,4-7H2. The van der Waals surface area contributed by atoms with Gasteiger partial charge < -0.3 is 5.11 Å². The maximum Gasteiger partial charge on any atom is 0.0934 e. The van der Waals surface area contributed by atoms with Crippen LogP contribution in [0.15, 0.2) is 24.3 Å². The Hall–Kier alpha value is -0.890. The highest BCUT2D eigenvalue weighted by Gasteiger charge is 1.94. The lowest BCUT2D eigenvalue weighted by atomic mass is 10.1. The van der Waals surface area contributed by atoms with Gasteiger partial charge in [-0.1, -0.05) is 24.3 Å². The van der Waals surface area contributed by atoms with Crippen molar-refractivity contribution >= 4 is 0 Å². The van der Waals surface area contributed by atoms with Crippen LogP contribution in [0.1, 0.15) is 11.1 Å². The molecule has 12 heavy (non-hydrogen) atoms. The highest BCUT2D eigenvalue weighted by atomic mass is 19.1. The maximum absolute atomic E-state index is 11.9. The Morgan fingerprint density at radius 2 is 1.83 bits per heavy atom. The molecule has 1 rings (SSSR count). The number of alkyl halides is 1. The van der Waals surface area contributed by atoms with Crippen LogP contribution in [0.4, 0.5) is 4.39 Å². The molecule has 0 heterocycles. The van der Waals surface area contributed by atoms with Crippen LogP contribution in [0.5, 0.6) is 0 Å². The minimum atomic E-state index is -0.317. The van der Waals surface area contributed by atoms with E-state index in [4.69, 9.17) is 5.11 Å². The van der Waals surface area contributed by atoms with Gasteiger partial charge in [0.25, 0.3) is 0 Å². The SMILES string of the molecule is OCCc1cccc(CCF)c1. The Kier molecular flexibility index (Phi) is 3.74. The molecule has 0 fully saturated rings. The van der Waals surface area contributed by atoms with E-state index < -0.39 is 0 Å². The summed E-state index contributed by atoms with van der Waals surface area (Å²) in [6.07, 6.45) is 1.12. The van der Waals surface area contributed by atoms with Gasteiger partial charge in [0.1, 0.15) is 0 Å². The topological polar surface area (TPSA) is 20.2 Å². The third-order valence-corrected chi connectivity index (χ3v) is 1.78. The summed E-state index contributed by atoms with van der Waals surface area (Å²) in [5.41, 5.74) is 2.08. The van der Waals surface area contributed by atoms with Crippen molar-refractivity contribution in [2.45, 2.75) is 12.8 Å². The summed E-state index contributed by atoms with van der Waals surface area (Å²) in [7, 11) is 0. The van der Waals surface area contributed by atoms with E-state index in [1.54, 1.807) is 0 Å². The largest absolute Gasteiger partial charge is 0.396 e. The van der Waals surface area contributed by atoms with Gasteiger partial charge in [0.05, 0.1) is 6.67 Å². The average molecular weight is 168 g/mol. The van der Waals surface area contributed by atoms with Crippen molar-refractivity contribution in [2.75, 3.05) is 13.3 Å². The van der Waals surface area contributed by atoms with E-state index in [1.807, 2.05) is 24.3 Å². The number of aliphatic hydroxyl groups is 1. The predicted octanol–water partition coefficient (Wildman–Crippen LogP) is 1.73. The maximum atomic E-state index is 11.9. The lowest BCUT2D eigenvalue weighted by Crippen LogP contribution is -1.93. The first-order valence-corrected chi connectivity index (χ1v) is 4.11. The monoisotopic (exact) mass is 168 g/mol. The number of aryl methyl sites for hydroxylation is 1. The lowest BCUT2D eigenvalue weighted by molar-refractivity contribution is 0.299. The van der Waals surface area contributed by atoms with Crippen LogP contribution in [0.2, 0.25) is 0 Å². The Labute approximate surface area is 71.9 Å². The Morgan fingerprint density at radius 3 is 2.42 bits per heavy atom. The van der Waals surface area contributed by atoms with Crippen molar-refractivity contribution in [2.24, 2.45) is 0 Å². The van der Waals surface area contributed by atoms with E-state index in [9.17, 15) is 4.39 Å². The van der Waals surface area contributed by atoms with Crippen molar-refractivity contribution in [3.63, 3.8) is 0 Å². The Balaban J connectivity index is 2.67. The molecule has 1 nitrogen and oxygen atoms in total. The molecule has 0 aromatic heterocycles. The molecule has 0 saturated heterocycles. The highest BCUT2D eigenvalue weighted by Crippen LogP contribution is 2.06. The molecule has 66 valence electrons. The van der Waals surface area contributed by atoms with E-state index in [0.717, 1.165) is 11.1 Å².